The lowest BCUT2D eigenvalue weighted by molar-refractivity contribution is -0.137. The van der Waals surface area contributed by atoms with Crippen LogP contribution in [0.5, 0.6) is 0 Å². The molecule has 2 aromatic rings. The second kappa shape index (κ2) is 6.33. The van der Waals surface area contributed by atoms with Crippen LogP contribution in [0.15, 0.2) is 30.3 Å². The van der Waals surface area contributed by atoms with E-state index in [-0.39, 0.29) is 24.6 Å². The van der Waals surface area contributed by atoms with Crippen LogP contribution in [0, 0.1) is 18.3 Å². The molecule has 0 aliphatic carbocycles. The minimum absolute atomic E-state index is 0.173. The fourth-order valence-corrected chi connectivity index (χ4v) is 3.01. The molecule has 0 spiro atoms. The molecule has 0 bridgehead atoms. The van der Waals surface area contributed by atoms with Gasteiger partial charge in [-0.2, -0.15) is 18.4 Å². The Morgan fingerprint density at radius 3 is 2.72 bits per heavy atom. The summed E-state index contributed by atoms with van der Waals surface area (Å²) in [7, 11) is 0. The summed E-state index contributed by atoms with van der Waals surface area (Å²) >= 11 is 0. The number of benzene rings is 1. The van der Waals surface area contributed by atoms with E-state index in [1.165, 1.54) is 12.1 Å². The monoisotopic (exact) mass is 348 g/mol. The number of aryl methyl sites for hydroxylation is 1. The Morgan fingerprint density at radius 2 is 2.04 bits per heavy atom. The number of nitrogens with zero attached hydrogens (tertiary/aromatic N) is 4. The predicted octanol–water partition coefficient (Wildman–Crippen LogP) is 2.99. The van der Waals surface area contributed by atoms with Gasteiger partial charge in [-0.25, -0.2) is 9.97 Å². The number of halogens is 3. The maximum atomic E-state index is 13.0. The third-order valence-corrected chi connectivity index (χ3v) is 4.09. The van der Waals surface area contributed by atoms with Crippen molar-refractivity contribution in [3.8, 4) is 6.07 Å². The highest BCUT2D eigenvalue weighted by Crippen LogP contribution is 2.37. The molecule has 1 saturated heterocycles. The van der Waals surface area contributed by atoms with Gasteiger partial charge in [-0.3, -0.25) is 0 Å². The summed E-state index contributed by atoms with van der Waals surface area (Å²) in [4.78, 5) is 10.1. The lowest BCUT2D eigenvalue weighted by Crippen LogP contribution is -2.27. The minimum atomic E-state index is -4.44. The van der Waals surface area contributed by atoms with Gasteiger partial charge in [0.25, 0.3) is 0 Å². The first kappa shape index (κ1) is 17.2. The summed E-state index contributed by atoms with van der Waals surface area (Å²) < 4.78 is 38.9. The molecule has 1 aliphatic heterocycles. The van der Waals surface area contributed by atoms with E-state index < -0.39 is 23.9 Å². The Labute approximate surface area is 142 Å². The summed E-state index contributed by atoms with van der Waals surface area (Å²) in [6.45, 7) is 1.90. The minimum Gasteiger partial charge on any atom is -0.391 e. The summed E-state index contributed by atoms with van der Waals surface area (Å²) in [6, 6.07) is 7.99. The topological polar surface area (TPSA) is 73.0 Å². The first-order valence-corrected chi connectivity index (χ1v) is 7.65. The van der Waals surface area contributed by atoms with Gasteiger partial charge in [0.15, 0.2) is 0 Å². The third kappa shape index (κ3) is 3.56. The number of β-amino-alcohol motifs (C(OH)–C–C–N with tert-alkyl or cyclic N) is 1. The first-order valence-electron chi connectivity index (χ1n) is 7.65. The van der Waals surface area contributed by atoms with Crippen molar-refractivity contribution in [1.82, 2.24) is 9.97 Å². The van der Waals surface area contributed by atoms with E-state index in [0.29, 0.717) is 11.3 Å². The SMILES string of the molecule is Cc1cc(C#N)nc(N2C[C@@H](O)C[C@H]2c2cccc(C(F)(F)F)c2)n1. The van der Waals surface area contributed by atoms with E-state index in [9.17, 15) is 18.3 Å². The van der Waals surface area contributed by atoms with Gasteiger partial charge < -0.3 is 10.0 Å². The second-order valence-electron chi connectivity index (χ2n) is 5.99. The van der Waals surface area contributed by atoms with Crippen LogP contribution in [0.1, 0.15) is 35.0 Å². The number of rotatable bonds is 2. The molecule has 8 heteroatoms. The van der Waals surface area contributed by atoms with Crippen molar-refractivity contribution < 1.29 is 18.3 Å². The Kier molecular flexibility index (Phi) is 4.35. The predicted molar refractivity (Wildman–Crippen MR) is 83.6 cm³/mol. The van der Waals surface area contributed by atoms with Crippen LogP contribution in [-0.4, -0.2) is 27.7 Å². The highest BCUT2D eigenvalue weighted by atomic mass is 19.4. The van der Waals surface area contributed by atoms with Crippen molar-refractivity contribution in [2.24, 2.45) is 0 Å². The molecule has 2 heterocycles. The van der Waals surface area contributed by atoms with E-state index in [4.69, 9.17) is 5.26 Å². The standard InChI is InChI=1S/C17H15F3N4O/c1-10-5-13(8-21)23-16(22-10)24-9-14(25)7-15(24)11-3-2-4-12(6-11)17(18,19)20/h2-6,14-15,25H,7,9H2,1H3/t14-,15-/m0/s1. The molecular weight excluding hydrogens is 333 g/mol. The van der Waals surface area contributed by atoms with E-state index in [1.54, 1.807) is 17.9 Å². The number of alkyl halides is 3. The molecule has 0 unspecified atom stereocenters. The molecule has 0 saturated carbocycles. The van der Waals surface area contributed by atoms with Crippen LogP contribution in [0.3, 0.4) is 0 Å². The fraction of sp³-hybridized carbons (Fsp3) is 0.353. The van der Waals surface area contributed by atoms with Crippen molar-refractivity contribution in [2.45, 2.75) is 31.7 Å². The summed E-state index contributed by atoms with van der Waals surface area (Å²) in [5.74, 6) is 0.232. The zero-order chi connectivity index (χ0) is 18.2. The second-order valence-corrected chi connectivity index (χ2v) is 5.99. The molecule has 1 aliphatic rings. The highest BCUT2D eigenvalue weighted by Gasteiger charge is 2.36. The molecule has 1 N–H and O–H groups in total. The van der Waals surface area contributed by atoms with E-state index >= 15 is 0 Å². The number of anilines is 1. The number of aliphatic hydroxyl groups excluding tert-OH is 1. The molecule has 2 atom stereocenters. The van der Waals surface area contributed by atoms with E-state index in [0.717, 1.165) is 12.1 Å². The van der Waals surface area contributed by atoms with Crippen LogP contribution in [0.4, 0.5) is 19.1 Å². The number of aliphatic hydroxyl groups is 1. The zero-order valence-electron chi connectivity index (χ0n) is 13.3. The lowest BCUT2D eigenvalue weighted by Gasteiger charge is -2.25. The molecule has 1 aromatic carbocycles. The summed E-state index contributed by atoms with van der Waals surface area (Å²) in [6.07, 6.45) is -4.89. The molecule has 1 aromatic heterocycles. The maximum Gasteiger partial charge on any atom is 0.416 e. The Morgan fingerprint density at radius 1 is 1.28 bits per heavy atom. The molecule has 3 rings (SSSR count). The van der Waals surface area contributed by atoms with Crippen molar-refractivity contribution in [3.05, 3.63) is 52.8 Å². The average Bonchev–Trinajstić information content (AvgIpc) is 2.95. The summed E-state index contributed by atoms with van der Waals surface area (Å²) in [5.41, 5.74) is 0.432. The Bertz CT molecular complexity index is 831. The molecule has 1 fully saturated rings. The largest absolute Gasteiger partial charge is 0.416 e. The maximum absolute atomic E-state index is 13.0. The number of hydrogen-bond acceptors (Lipinski definition) is 5. The average molecular weight is 348 g/mol. The van der Waals surface area contributed by atoms with Gasteiger partial charge in [-0.1, -0.05) is 12.1 Å². The normalized spacial score (nSPS) is 20.6. The van der Waals surface area contributed by atoms with E-state index in [2.05, 4.69) is 9.97 Å². The van der Waals surface area contributed by atoms with E-state index in [1.807, 2.05) is 6.07 Å². The zero-order valence-corrected chi connectivity index (χ0v) is 13.3. The molecular formula is C17H15F3N4O. The smallest absolute Gasteiger partial charge is 0.391 e. The number of hydrogen-bond donors (Lipinski definition) is 1. The van der Waals surface area contributed by atoms with Gasteiger partial charge in [0.2, 0.25) is 5.95 Å². The lowest BCUT2D eigenvalue weighted by atomic mass is 10.0. The Hall–Kier alpha value is -2.66. The van der Waals surface area contributed by atoms with Gasteiger partial charge in [0.1, 0.15) is 11.8 Å². The molecule has 0 amide bonds. The van der Waals surface area contributed by atoms with Gasteiger partial charge in [0.05, 0.1) is 17.7 Å². The van der Waals surface area contributed by atoms with Gasteiger partial charge in [-0.15, -0.1) is 0 Å². The van der Waals surface area contributed by atoms with Crippen molar-refractivity contribution in [1.29, 1.82) is 5.26 Å². The molecule has 5 nitrogen and oxygen atoms in total. The van der Waals surface area contributed by atoms with Crippen LogP contribution in [0.2, 0.25) is 0 Å². The first-order chi connectivity index (χ1) is 11.8. The van der Waals surface area contributed by atoms with Crippen LogP contribution < -0.4 is 4.90 Å². The molecule has 0 radical (unpaired) electrons. The molecule has 25 heavy (non-hydrogen) atoms. The number of nitriles is 1. The Balaban J connectivity index is 2.01. The van der Waals surface area contributed by atoms with Gasteiger partial charge in [0, 0.05) is 12.2 Å². The quantitative estimate of drug-likeness (QED) is 0.903. The van der Waals surface area contributed by atoms with Crippen molar-refractivity contribution in [2.75, 3.05) is 11.4 Å². The highest BCUT2D eigenvalue weighted by molar-refractivity contribution is 5.43. The fourth-order valence-electron chi connectivity index (χ4n) is 3.01. The van der Waals surface area contributed by atoms with Crippen LogP contribution in [-0.2, 0) is 6.18 Å². The van der Waals surface area contributed by atoms with Crippen molar-refractivity contribution >= 4 is 5.95 Å². The van der Waals surface area contributed by atoms with Crippen molar-refractivity contribution in [3.63, 3.8) is 0 Å². The number of aromatic nitrogens is 2. The van der Waals surface area contributed by atoms with Crippen LogP contribution in [0.25, 0.3) is 0 Å². The third-order valence-electron chi connectivity index (χ3n) is 4.09. The molecule has 130 valence electrons. The summed E-state index contributed by atoms with van der Waals surface area (Å²) in [5, 5.41) is 19.1. The van der Waals surface area contributed by atoms with Gasteiger partial charge in [-0.05, 0) is 37.1 Å². The van der Waals surface area contributed by atoms with Crippen LogP contribution >= 0.6 is 0 Å². The van der Waals surface area contributed by atoms with Gasteiger partial charge >= 0.3 is 6.18 Å².